The smallest absolute Gasteiger partial charge is 0.303 e. The minimum atomic E-state index is -0.741. The van der Waals surface area contributed by atoms with Gasteiger partial charge in [-0.15, -0.1) is 11.6 Å². The lowest BCUT2D eigenvalue weighted by Gasteiger charge is -2.28. The van der Waals surface area contributed by atoms with Crippen molar-refractivity contribution in [2.45, 2.75) is 82.2 Å². The number of anilines is 1. The number of hydrogen-bond donors (Lipinski definition) is 2. The predicted octanol–water partition coefficient (Wildman–Crippen LogP) is 5.69. The van der Waals surface area contributed by atoms with Gasteiger partial charge in [0.2, 0.25) is 0 Å². The maximum atomic E-state index is 10.6. The van der Waals surface area contributed by atoms with Gasteiger partial charge in [0.15, 0.2) is 0 Å². The van der Waals surface area contributed by atoms with E-state index in [1.54, 1.807) is 0 Å². The number of aliphatic carboxylic acids is 1. The zero-order valence-corrected chi connectivity index (χ0v) is 17.7. The summed E-state index contributed by atoms with van der Waals surface area (Å²) in [5.41, 5.74) is 2.13. The molecule has 2 rings (SSSR count). The topological polar surface area (TPSA) is 60.8 Å². The zero-order chi connectivity index (χ0) is 20.4. The van der Waals surface area contributed by atoms with Crippen molar-refractivity contribution in [1.82, 2.24) is 0 Å². The summed E-state index contributed by atoms with van der Waals surface area (Å²) in [4.78, 5) is 12.9. The lowest BCUT2D eigenvalue weighted by Crippen LogP contribution is -2.32. The number of nitrogens with zero attached hydrogens (tertiary/aromatic N) is 1. The van der Waals surface area contributed by atoms with Gasteiger partial charge in [0.1, 0.15) is 0 Å². The third kappa shape index (κ3) is 7.14. The number of allylic oxidation sites excluding steroid dienone is 1. The molecule has 4 nitrogen and oxygen atoms in total. The van der Waals surface area contributed by atoms with Crippen molar-refractivity contribution in [1.29, 1.82) is 0 Å². The molecule has 0 spiro atoms. The summed E-state index contributed by atoms with van der Waals surface area (Å²) in [5.74, 6) is -0.741. The van der Waals surface area contributed by atoms with E-state index in [-0.39, 0.29) is 23.9 Å². The minimum absolute atomic E-state index is 0.114. The quantitative estimate of drug-likeness (QED) is 0.265. The Balaban J connectivity index is 1.89. The summed E-state index contributed by atoms with van der Waals surface area (Å²) in [6, 6.07) is 8.50. The van der Waals surface area contributed by atoms with Crippen LogP contribution >= 0.6 is 11.6 Å². The van der Waals surface area contributed by atoms with Crippen LogP contribution < -0.4 is 4.90 Å². The van der Waals surface area contributed by atoms with Crippen LogP contribution in [0.4, 0.5) is 5.69 Å². The number of hydrogen-bond acceptors (Lipinski definition) is 3. The lowest BCUT2D eigenvalue weighted by atomic mass is 10.0. The maximum absolute atomic E-state index is 10.6. The lowest BCUT2D eigenvalue weighted by molar-refractivity contribution is -0.137. The number of benzene rings is 1. The molecule has 0 aliphatic carbocycles. The van der Waals surface area contributed by atoms with Crippen molar-refractivity contribution in [2.75, 3.05) is 11.4 Å². The number of rotatable bonds is 12. The molecule has 1 fully saturated rings. The van der Waals surface area contributed by atoms with E-state index in [4.69, 9.17) is 16.7 Å². The van der Waals surface area contributed by atoms with E-state index in [2.05, 4.69) is 36.1 Å². The van der Waals surface area contributed by atoms with Crippen molar-refractivity contribution >= 4 is 23.3 Å². The molecular formula is C23H34ClNO3. The highest BCUT2D eigenvalue weighted by molar-refractivity contribution is 6.21. The van der Waals surface area contributed by atoms with Crippen LogP contribution in [0.1, 0.15) is 76.4 Å². The van der Waals surface area contributed by atoms with Gasteiger partial charge in [0.05, 0.1) is 11.5 Å². The largest absolute Gasteiger partial charge is 0.481 e. The van der Waals surface area contributed by atoms with Gasteiger partial charge in [-0.3, -0.25) is 4.79 Å². The maximum Gasteiger partial charge on any atom is 0.303 e. The van der Waals surface area contributed by atoms with Crippen LogP contribution in [0.3, 0.4) is 0 Å². The molecule has 0 radical (unpaired) electrons. The van der Waals surface area contributed by atoms with Crippen LogP contribution in [0.2, 0.25) is 0 Å². The van der Waals surface area contributed by atoms with E-state index in [9.17, 15) is 9.90 Å². The molecule has 1 saturated heterocycles. The Bertz CT molecular complexity index is 617. The molecule has 1 aliphatic rings. The molecule has 1 aromatic rings. The highest BCUT2D eigenvalue weighted by Gasteiger charge is 2.32. The molecule has 156 valence electrons. The van der Waals surface area contributed by atoms with Gasteiger partial charge in [-0.25, -0.2) is 0 Å². The summed E-state index contributed by atoms with van der Waals surface area (Å²) in [6.45, 7) is 3.10. The molecular weight excluding hydrogens is 374 g/mol. The number of aliphatic hydroxyl groups excluding tert-OH is 1. The molecule has 0 aromatic heterocycles. The minimum Gasteiger partial charge on any atom is -0.481 e. The Labute approximate surface area is 174 Å². The molecule has 0 bridgehead atoms. The Morgan fingerprint density at radius 3 is 2.68 bits per heavy atom. The second-order valence-corrected chi connectivity index (χ2v) is 8.22. The Hall–Kier alpha value is -1.52. The first-order valence-electron chi connectivity index (χ1n) is 10.6. The second kappa shape index (κ2) is 12.1. The van der Waals surface area contributed by atoms with Crippen LogP contribution in [0, 0.1) is 0 Å². The van der Waals surface area contributed by atoms with Crippen LogP contribution in [-0.4, -0.2) is 34.1 Å². The fourth-order valence-electron chi connectivity index (χ4n) is 3.78. The van der Waals surface area contributed by atoms with Crippen LogP contribution in [-0.2, 0) is 4.79 Å². The third-order valence-electron chi connectivity index (χ3n) is 5.46. The van der Waals surface area contributed by atoms with Gasteiger partial charge < -0.3 is 15.1 Å². The van der Waals surface area contributed by atoms with E-state index in [0.29, 0.717) is 6.42 Å². The second-order valence-electron chi connectivity index (χ2n) is 7.66. The number of aliphatic hydroxyl groups is 1. The summed E-state index contributed by atoms with van der Waals surface area (Å²) in [7, 11) is 0. The molecule has 1 heterocycles. The monoisotopic (exact) mass is 407 g/mol. The molecule has 1 aromatic carbocycles. The van der Waals surface area contributed by atoms with E-state index >= 15 is 0 Å². The standard InChI is InChI=1S/C23H34ClNO3/c1-2-3-6-10-22(26)18-12-14-19(15-13-18)25-17-16-20(24)21(25)9-7-4-5-8-11-23(27)28/h4,7,12-15,20-22,26H,2-3,5-6,8-11,16-17H2,1H3,(H,27,28)/b7-4-. The van der Waals surface area contributed by atoms with Gasteiger partial charge in [0.25, 0.3) is 0 Å². The Morgan fingerprint density at radius 2 is 2.00 bits per heavy atom. The molecule has 3 atom stereocenters. The van der Waals surface area contributed by atoms with E-state index in [0.717, 1.165) is 62.7 Å². The summed E-state index contributed by atoms with van der Waals surface area (Å²) in [6.07, 6.45) is 11.5. The molecule has 0 saturated carbocycles. The normalized spacial score (nSPS) is 20.8. The fourth-order valence-corrected chi connectivity index (χ4v) is 4.11. The highest BCUT2D eigenvalue weighted by atomic mass is 35.5. The number of carbonyl (C=O) groups is 1. The first-order chi connectivity index (χ1) is 13.5. The van der Waals surface area contributed by atoms with Gasteiger partial charge >= 0.3 is 5.97 Å². The summed E-state index contributed by atoms with van der Waals surface area (Å²) < 4.78 is 0. The predicted molar refractivity (Wildman–Crippen MR) is 116 cm³/mol. The van der Waals surface area contributed by atoms with Crippen molar-refractivity contribution in [3.05, 3.63) is 42.0 Å². The van der Waals surface area contributed by atoms with Gasteiger partial charge in [0, 0.05) is 24.7 Å². The van der Waals surface area contributed by atoms with Crippen molar-refractivity contribution in [3.8, 4) is 0 Å². The van der Waals surface area contributed by atoms with Crippen LogP contribution in [0.25, 0.3) is 0 Å². The third-order valence-corrected chi connectivity index (χ3v) is 5.97. The Kier molecular flexibility index (Phi) is 9.86. The molecule has 1 aliphatic heterocycles. The van der Waals surface area contributed by atoms with E-state index < -0.39 is 5.97 Å². The Morgan fingerprint density at radius 1 is 1.25 bits per heavy atom. The van der Waals surface area contributed by atoms with Gasteiger partial charge in [-0.05, 0) is 49.8 Å². The number of alkyl halides is 1. The molecule has 5 heteroatoms. The molecule has 3 unspecified atom stereocenters. The SMILES string of the molecule is CCCCCC(O)c1ccc(N2CCC(Cl)C2C/C=C\CCCC(=O)O)cc1. The zero-order valence-electron chi connectivity index (χ0n) is 16.9. The average molecular weight is 408 g/mol. The van der Waals surface area contributed by atoms with Crippen LogP contribution in [0.15, 0.2) is 36.4 Å². The highest BCUT2D eigenvalue weighted by Crippen LogP contribution is 2.32. The fraction of sp³-hybridized carbons (Fsp3) is 0.609. The van der Waals surface area contributed by atoms with Crippen molar-refractivity contribution in [2.24, 2.45) is 0 Å². The van der Waals surface area contributed by atoms with E-state index in [1.807, 2.05) is 12.1 Å². The first-order valence-corrected chi connectivity index (χ1v) is 11.0. The van der Waals surface area contributed by atoms with Gasteiger partial charge in [-0.1, -0.05) is 50.5 Å². The summed E-state index contributed by atoms with van der Waals surface area (Å²) in [5, 5.41) is 19.1. The average Bonchev–Trinajstić information content (AvgIpc) is 3.05. The number of unbranched alkanes of at least 4 members (excludes halogenated alkanes) is 3. The number of halogens is 1. The number of carboxylic acid groups (broad SMARTS) is 1. The van der Waals surface area contributed by atoms with E-state index in [1.165, 1.54) is 0 Å². The molecule has 28 heavy (non-hydrogen) atoms. The van der Waals surface area contributed by atoms with Crippen molar-refractivity contribution < 1.29 is 15.0 Å². The van der Waals surface area contributed by atoms with Crippen LogP contribution in [0.5, 0.6) is 0 Å². The first kappa shape index (κ1) is 22.8. The van der Waals surface area contributed by atoms with Gasteiger partial charge in [-0.2, -0.15) is 0 Å². The summed E-state index contributed by atoms with van der Waals surface area (Å²) >= 11 is 6.56. The molecule has 0 amide bonds. The van der Waals surface area contributed by atoms with Crippen molar-refractivity contribution in [3.63, 3.8) is 0 Å². The molecule has 2 N–H and O–H groups in total. The number of carboxylic acids is 1.